The van der Waals surface area contributed by atoms with Gasteiger partial charge in [-0.3, -0.25) is 4.79 Å². The van der Waals surface area contributed by atoms with Crippen LogP contribution in [0.25, 0.3) is 0 Å². The van der Waals surface area contributed by atoms with Crippen molar-refractivity contribution in [2.75, 3.05) is 7.11 Å². The highest BCUT2D eigenvalue weighted by Gasteiger charge is 2.46. The molecule has 4 rings (SSSR count). The van der Waals surface area contributed by atoms with Crippen molar-refractivity contribution in [1.29, 1.82) is 0 Å². The first-order valence-electron chi connectivity index (χ1n) is 10.7. The number of allylic oxidation sites excluding steroid dienone is 5. The second-order valence-corrected chi connectivity index (χ2v) is 8.81. The maximum Gasteiger partial charge on any atom is 0.202 e. The van der Waals surface area contributed by atoms with E-state index < -0.39 is 0 Å². The van der Waals surface area contributed by atoms with Gasteiger partial charge in [0.2, 0.25) is 5.78 Å². The fourth-order valence-electron chi connectivity index (χ4n) is 4.68. The molecule has 158 valence electrons. The Morgan fingerprint density at radius 3 is 2.39 bits per heavy atom. The average molecular weight is 413 g/mol. The number of Topliss-reactive ketones (excluding diaryl/α,β-unsaturated/α-hetero) is 1. The molecule has 2 aliphatic carbocycles. The zero-order chi connectivity index (χ0) is 22.0. The molecular weight excluding hydrogens is 384 g/mol. The minimum absolute atomic E-state index is 0.0460. The molecule has 1 heterocycles. The van der Waals surface area contributed by atoms with Gasteiger partial charge in [-0.25, -0.2) is 0 Å². The summed E-state index contributed by atoms with van der Waals surface area (Å²) in [5, 5.41) is 0. The van der Waals surface area contributed by atoms with Crippen molar-refractivity contribution < 1.29 is 13.9 Å². The van der Waals surface area contributed by atoms with Crippen LogP contribution < -0.4 is 0 Å². The predicted octanol–water partition coefficient (Wildman–Crippen LogP) is 6.64. The van der Waals surface area contributed by atoms with Crippen LogP contribution in [0.5, 0.6) is 0 Å². The molecule has 3 heteroatoms. The molecule has 0 N–H and O–H groups in total. The second kappa shape index (κ2) is 8.47. The quantitative estimate of drug-likeness (QED) is 0.263. The number of hydrogen-bond acceptors (Lipinski definition) is 3. The maximum atomic E-state index is 13.8. The normalized spacial score (nSPS) is 17.9. The van der Waals surface area contributed by atoms with Crippen molar-refractivity contribution in [3.05, 3.63) is 107 Å². The van der Waals surface area contributed by atoms with E-state index in [1.54, 1.807) is 25.5 Å². The van der Waals surface area contributed by atoms with Crippen LogP contribution in [-0.2, 0) is 4.74 Å². The summed E-state index contributed by atoms with van der Waals surface area (Å²) in [7, 11) is 1.63. The summed E-state index contributed by atoms with van der Waals surface area (Å²) in [5.41, 5.74) is 9.47. The van der Waals surface area contributed by atoms with E-state index in [0.717, 1.165) is 17.6 Å². The van der Waals surface area contributed by atoms with Crippen LogP contribution in [-0.4, -0.2) is 12.9 Å². The van der Waals surface area contributed by atoms with Crippen LogP contribution in [0.3, 0.4) is 0 Å². The van der Waals surface area contributed by atoms with Crippen LogP contribution in [0.2, 0.25) is 0 Å². The van der Waals surface area contributed by atoms with Gasteiger partial charge in [0.05, 0.1) is 13.4 Å². The first-order valence-corrected chi connectivity index (χ1v) is 10.7. The van der Waals surface area contributed by atoms with Crippen LogP contribution in [0.1, 0.15) is 49.2 Å². The summed E-state index contributed by atoms with van der Waals surface area (Å²) in [6.07, 6.45) is 8.70. The van der Waals surface area contributed by atoms with E-state index in [4.69, 9.17) is 9.15 Å². The Bertz CT molecular complexity index is 1120. The zero-order valence-corrected chi connectivity index (χ0v) is 18.5. The lowest BCUT2D eigenvalue weighted by molar-refractivity contribution is 0.0786. The van der Waals surface area contributed by atoms with Crippen molar-refractivity contribution in [2.45, 2.75) is 33.1 Å². The lowest BCUT2D eigenvalue weighted by Crippen LogP contribution is -2.37. The van der Waals surface area contributed by atoms with Gasteiger partial charge in [0.25, 0.3) is 0 Å². The van der Waals surface area contributed by atoms with Gasteiger partial charge in [0, 0.05) is 22.8 Å². The molecule has 3 unspecified atom stereocenters. The standard InChI is InChI=1S/C28H28O3/c1-19(20-12-13-20)25(27(29)24-11-8-18-31-24)26(21-9-6-5-7-10-21)28(2,3)22-14-16-23(30-4)17-15-22/h5-12,14,16,18-19,25-26H,13H2,1-4H3. The fraction of sp³-hybridized carbons (Fsp3) is 0.321. The zero-order valence-electron chi connectivity index (χ0n) is 18.5. The predicted molar refractivity (Wildman–Crippen MR) is 122 cm³/mol. The molecule has 0 saturated carbocycles. The Morgan fingerprint density at radius 1 is 1.10 bits per heavy atom. The number of methoxy groups -OCH3 is 1. The molecule has 0 amide bonds. The topological polar surface area (TPSA) is 39.4 Å². The Labute approximate surface area is 184 Å². The Morgan fingerprint density at radius 2 is 1.84 bits per heavy atom. The van der Waals surface area contributed by atoms with E-state index >= 15 is 0 Å². The van der Waals surface area contributed by atoms with Gasteiger partial charge in [-0.2, -0.15) is 0 Å². The van der Waals surface area contributed by atoms with Gasteiger partial charge in [-0.1, -0.05) is 68.5 Å². The van der Waals surface area contributed by atoms with Crippen LogP contribution in [0.15, 0.2) is 99.7 Å². The third kappa shape index (κ3) is 4.16. The number of hydrogen-bond donors (Lipinski definition) is 0. The SMILES string of the molecule is COC1=C=C=C(C(C)(C)C(c2ccccc2)C(C(=O)c2ccco2)C(C)C2=CC2)C=C1. The van der Waals surface area contributed by atoms with E-state index in [0.29, 0.717) is 11.5 Å². The molecule has 3 atom stereocenters. The molecule has 1 aromatic heterocycles. The van der Waals surface area contributed by atoms with Crippen molar-refractivity contribution in [3.8, 4) is 0 Å². The van der Waals surface area contributed by atoms with E-state index in [-0.39, 0.29) is 29.0 Å². The third-order valence-electron chi connectivity index (χ3n) is 6.56. The van der Waals surface area contributed by atoms with Gasteiger partial charge in [0.15, 0.2) is 11.5 Å². The van der Waals surface area contributed by atoms with Crippen LogP contribution in [0, 0.1) is 17.3 Å². The van der Waals surface area contributed by atoms with Gasteiger partial charge in [0.1, 0.15) is 0 Å². The number of ether oxygens (including phenoxy) is 1. The molecule has 0 fully saturated rings. The molecule has 3 nitrogen and oxygen atoms in total. The number of rotatable bonds is 9. The first kappa shape index (κ1) is 21.0. The fourth-order valence-corrected chi connectivity index (χ4v) is 4.68. The summed E-state index contributed by atoms with van der Waals surface area (Å²) in [6.45, 7) is 6.54. The summed E-state index contributed by atoms with van der Waals surface area (Å²) in [5.74, 6) is 0.873. The number of carbonyl (C=O) groups is 1. The molecule has 2 aliphatic rings. The van der Waals surface area contributed by atoms with Crippen LogP contribution in [0.4, 0.5) is 0 Å². The Balaban J connectivity index is 1.88. The molecule has 1 aromatic carbocycles. The number of ketones is 1. The monoisotopic (exact) mass is 412 g/mol. The largest absolute Gasteiger partial charge is 0.489 e. The molecular formula is C28H28O3. The van der Waals surface area contributed by atoms with E-state index in [1.165, 1.54) is 5.57 Å². The van der Waals surface area contributed by atoms with Gasteiger partial charge in [-0.05, 0) is 47.9 Å². The molecule has 0 spiro atoms. The minimum Gasteiger partial charge on any atom is -0.489 e. The van der Waals surface area contributed by atoms with Gasteiger partial charge in [-0.15, -0.1) is 0 Å². The van der Waals surface area contributed by atoms with E-state index in [1.807, 2.05) is 30.4 Å². The summed E-state index contributed by atoms with van der Waals surface area (Å²) >= 11 is 0. The Hall–Kier alpha value is -3.25. The third-order valence-corrected chi connectivity index (χ3v) is 6.56. The Kier molecular flexibility index (Phi) is 5.74. The molecule has 2 aromatic rings. The maximum absolute atomic E-state index is 13.8. The minimum atomic E-state index is -0.388. The van der Waals surface area contributed by atoms with E-state index in [2.05, 4.69) is 50.4 Å². The summed E-state index contributed by atoms with van der Waals surface area (Å²) in [4.78, 5) is 13.8. The molecule has 0 aliphatic heterocycles. The van der Waals surface area contributed by atoms with Crippen molar-refractivity contribution >= 4 is 5.78 Å². The highest BCUT2D eigenvalue weighted by Crippen LogP contribution is 2.52. The smallest absolute Gasteiger partial charge is 0.202 e. The lowest BCUT2D eigenvalue weighted by atomic mass is 9.60. The second-order valence-electron chi connectivity index (χ2n) is 8.81. The first-order chi connectivity index (χ1) is 14.9. The highest BCUT2D eigenvalue weighted by atomic mass is 16.5. The van der Waals surface area contributed by atoms with E-state index in [9.17, 15) is 4.79 Å². The molecule has 0 saturated heterocycles. The highest BCUT2D eigenvalue weighted by molar-refractivity contribution is 5.96. The number of furan rings is 1. The van der Waals surface area contributed by atoms with Crippen molar-refractivity contribution in [1.82, 2.24) is 0 Å². The summed E-state index contributed by atoms with van der Waals surface area (Å²) < 4.78 is 10.8. The summed E-state index contributed by atoms with van der Waals surface area (Å²) in [6, 6.07) is 13.9. The van der Waals surface area contributed by atoms with Crippen molar-refractivity contribution in [2.24, 2.45) is 17.3 Å². The van der Waals surface area contributed by atoms with Crippen molar-refractivity contribution in [3.63, 3.8) is 0 Å². The average Bonchev–Trinajstić information content (AvgIpc) is 3.50. The molecule has 0 radical (unpaired) electrons. The number of benzene rings is 1. The van der Waals surface area contributed by atoms with Gasteiger partial charge >= 0.3 is 0 Å². The van der Waals surface area contributed by atoms with Gasteiger partial charge < -0.3 is 9.15 Å². The molecule has 31 heavy (non-hydrogen) atoms. The van der Waals surface area contributed by atoms with Crippen LogP contribution >= 0.6 is 0 Å². The number of carbonyl (C=O) groups excluding carboxylic acids is 1. The molecule has 0 bridgehead atoms. The lowest BCUT2D eigenvalue weighted by Gasteiger charge is -2.41.